The van der Waals surface area contributed by atoms with E-state index in [1.807, 2.05) is 6.07 Å². The predicted molar refractivity (Wildman–Crippen MR) is 160 cm³/mol. The van der Waals surface area contributed by atoms with Crippen LogP contribution in [0.5, 0.6) is 0 Å². The average Bonchev–Trinajstić information content (AvgIpc) is 3.37. The molecule has 0 amide bonds. The van der Waals surface area contributed by atoms with Gasteiger partial charge in [0.1, 0.15) is 5.82 Å². The number of ether oxygens (including phenoxy) is 1. The first-order valence-corrected chi connectivity index (χ1v) is 13.5. The molecule has 4 aromatic carbocycles. The Balaban J connectivity index is 1.54. The highest BCUT2D eigenvalue weighted by Crippen LogP contribution is 2.36. The van der Waals surface area contributed by atoms with Crippen molar-refractivity contribution in [3.63, 3.8) is 0 Å². The summed E-state index contributed by atoms with van der Waals surface area (Å²) in [6.07, 6.45) is 0.155. The van der Waals surface area contributed by atoms with Crippen LogP contribution in [0.1, 0.15) is 32.9 Å². The fourth-order valence-corrected chi connectivity index (χ4v) is 5.00. The molecule has 0 spiro atoms. The zero-order valence-corrected chi connectivity index (χ0v) is 23.7. The van der Waals surface area contributed by atoms with Gasteiger partial charge >= 0.3 is 12.1 Å². The van der Waals surface area contributed by atoms with Crippen LogP contribution in [-0.2, 0) is 17.5 Å². The van der Waals surface area contributed by atoms with Gasteiger partial charge in [0.25, 0.3) is 0 Å². The number of hydrogen-bond donors (Lipinski definition) is 0. The van der Waals surface area contributed by atoms with E-state index in [1.165, 1.54) is 19.3 Å². The van der Waals surface area contributed by atoms with Crippen LogP contribution >= 0.6 is 23.2 Å². The van der Waals surface area contributed by atoms with Gasteiger partial charge in [-0.15, -0.1) is 0 Å². The summed E-state index contributed by atoms with van der Waals surface area (Å²) in [5.41, 5.74) is 2.80. The maximum Gasteiger partial charge on any atom is 0.417 e. The Labute approximate surface area is 250 Å². The zero-order chi connectivity index (χ0) is 29.9. The van der Waals surface area contributed by atoms with Crippen LogP contribution in [0.4, 0.5) is 13.2 Å². The van der Waals surface area contributed by atoms with Gasteiger partial charge in [0.15, 0.2) is 0 Å². The summed E-state index contributed by atoms with van der Waals surface area (Å²) in [5, 5.41) is 0.855. The van der Waals surface area contributed by atoms with Gasteiger partial charge in [-0.3, -0.25) is 0 Å². The zero-order valence-electron chi connectivity index (χ0n) is 22.2. The Morgan fingerprint density at radius 1 is 0.905 bits per heavy atom. The molecule has 1 aromatic heterocycles. The van der Waals surface area contributed by atoms with E-state index in [0.717, 1.165) is 11.6 Å². The summed E-state index contributed by atoms with van der Waals surface area (Å²) in [7, 11) is 1.31. The number of aromatic nitrogens is 2. The van der Waals surface area contributed by atoms with Gasteiger partial charge in [-0.1, -0.05) is 83.9 Å². The summed E-state index contributed by atoms with van der Waals surface area (Å²) < 4.78 is 49.0. The van der Waals surface area contributed by atoms with Crippen molar-refractivity contribution >= 4 is 41.3 Å². The van der Waals surface area contributed by atoms with E-state index in [9.17, 15) is 18.0 Å². The molecule has 9 heteroatoms. The highest BCUT2D eigenvalue weighted by atomic mass is 35.5. The molecule has 0 N–H and O–H groups in total. The highest BCUT2D eigenvalue weighted by Gasteiger charge is 2.33. The van der Waals surface area contributed by atoms with Crippen molar-refractivity contribution in [1.29, 1.82) is 0 Å². The molecule has 212 valence electrons. The molecule has 1 heterocycles. The third-order valence-corrected chi connectivity index (χ3v) is 7.17. The molecule has 0 fully saturated rings. The molecule has 4 nitrogen and oxygen atoms in total. The molecule has 5 rings (SSSR count). The third-order valence-electron chi connectivity index (χ3n) is 6.62. The van der Waals surface area contributed by atoms with Gasteiger partial charge in [0, 0.05) is 23.3 Å². The van der Waals surface area contributed by atoms with E-state index in [-0.39, 0.29) is 5.56 Å². The van der Waals surface area contributed by atoms with Crippen LogP contribution < -0.4 is 0 Å². The standard InChI is InChI=1S/C33H23Cl2F3N2O2/c1-42-32(41)24-9-7-21(8-10-24)19-40-20-30(27-15-14-26(34)18-29(27)35)39-31(40)16-13-23-11-12-25(17-28(23)33(36,37)38)22-5-3-2-4-6-22/h2-18,20H,19H2,1H3/b16-13+. The number of rotatable bonds is 7. The first-order chi connectivity index (χ1) is 20.1. The first-order valence-electron chi connectivity index (χ1n) is 12.8. The molecule has 0 unspecified atom stereocenters. The third kappa shape index (κ3) is 6.59. The maximum absolute atomic E-state index is 14.1. The fraction of sp³-hybridized carbons (Fsp3) is 0.0909. The van der Waals surface area contributed by atoms with E-state index in [1.54, 1.807) is 89.6 Å². The molecule has 0 aliphatic carbocycles. The lowest BCUT2D eigenvalue weighted by molar-refractivity contribution is -0.137. The highest BCUT2D eigenvalue weighted by molar-refractivity contribution is 6.36. The Bertz CT molecular complexity index is 1760. The predicted octanol–water partition coefficient (Wildman–Crippen LogP) is 9.55. The van der Waals surface area contributed by atoms with E-state index in [4.69, 9.17) is 32.9 Å². The number of benzene rings is 4. The van der Waals surface area contributed by atoms with Crippen molar-refractivity contribution in [2.24, 2.45) is 0 Å². The Kier molecular flexibility index (Phi) is 8.52. The van der Waals surface area contributed by atoms with Gasteiger partial charge in [-0.05, 0) is 64.7 Å². The number of halogens is 5. The Morgan fingerprint density at radius 3 is 2.31 bits per heavy atom. The van der Waals surface area contributed by atoms with Crippen molar-refractivity contribution in [3.8, 4) is 22.4 Å². The van der Waals surface area contributed by atoms with E-state index in [2.05, 4.69) is 0 Å². The number of esters is 1. The lowest BCUT2D eigenvalue weighted by Gasteiger charge is -2.13. The van der Waals surface area contributed by atoms with Crippen molar-refractivity contribution in [1.82, 2.24) is 9.55 Å². The van der Waals surface area contributed by atoms with Gasteiger partial charge in [0.2, 0.25) is 0 Å². The van der Waals surface area contributed by atoms with E-state index >= 15 is 0 Å². The van der Waals surface area contributed by atoms with Crippen LogP contribution in [0.25, 0.3) is 34.5 Å². The topological polar surface area (TPSA) is 44.1 Å². The molecule has 0 atom stereocenters. The van der Waals surface area contributed by atoms with Crippen molar-refractivity contribution in [2.45, 2.75) is 12.7 Å². The largest absolute Gasteiger partial charge is 0.465 e. The molecule has 42 heavy (non-hydrogen) atoms. The molecule has 0 radical (unpaired) electrons. The number of nitrogens with zero attached hydrogens (tertiary/aromatic N) is 2. The summed E-state index contributed by atoms with van der Waals surface area (Å²) in [6, 6.07) is 25.1. The monoisotopic (exact) mass is 606 g/mol. The second kappa shape index (κ2) is 12.3. The van der Waals surface area contributed by atoms with E-state index in [0.29, 0.717) is 50.4 Å². The van der Waals surface area contributed by atoms with Crippen molar-refractivity contribution in [2.75, 3.05) is 7.11 Å². The smallest absolute Gasteiger partial charge is 0.417 e. The molecular weight excluding hydrogens is 584 g/mol. The number of alkyl halides is 3. The fourth-order valence-electron chi connectivity index (χ4n) is 4.50. The second-order valence-corrected chi connectivity index (χ2v) is 10.3. The number of imidazole rings is 1. The summed E-state index contributed by atoms with van der Waals surface area (Å²) in [4.78, 5) is 16.5. The Hall–Kier alpha value is -4.33. The van der Waals surface area contributed by atoms with Crippen molar-refractivity contribution in [3.05, 3.63) is 135 Å². The van der Waals surface area contributed by atoms with Gasteiger partial charge in [-0.2, -0.15) is 13.2 Å². The SMILES string of the molecule is COC(=O)c1ccc(Cn2cc(-c3ccc(Cl)cc3Cl)nc2/C=C/c2ccc(-c3ccccc3)cc2C(F)(F)F)cc1. The molecular formula is C33H23Cl2F3N2O2. The number of carbonyl (C=O) groups is 1. The lowest BCUT2D eigenvalue weighted by Crippen LogP contribution is -2.07. The van der Waals surface area contributed by atoms with Gasteiger partial charge in [0.05, 0.1) is 29.0 Å². The first kappa shape index (κ1) is 29.2. The number of methoxy groups -OCH3 is 1. The number of hydrogen-bond acceptors (Lipinski definition) is 3. The summed E-state index contributed by atoms with van der Waals surface area (Å²) in [5.74, 6) is -0.0421. The van der Waals surface area contributed by atoms with Crippen LogP contribution in [-0.4, -0.2) is 22.6 Å². The van der Waals surface area contributed by atoms with Crippen LogP contribution in [0.15, 0.2) is 97.2 Å². The molecule has 0 bridgehead atoms. The second-order valence-electron chi connectivity index (χ2n) is 9.42. The lowest BCUT2D eigenvalue weighted by atomic mass is 9.98. The van der Waals surface area contributed by atoms with Gasteiger partial charge in [-0.25, -0.2) is 9.78 Å². The minimum atomic E-state index is -4.57. The maximum atomic E-state index is 14.1. The van der Waals surface area contributed by atoms with Gasteiger partial charge < -0.3 is 9.30 Å². The summed E-state index contributed by atoms with van der Waals surface area (Å²) in [6.45, 7) is 0.332. The molecule has 0 saturated heterocycles. The van der Waals surface area contributed by atoms with Crippen LogP contribution in [0.3, 0.4) is 0 Å². The number of carbonyl (C=O) groups excluding carboxylic acids is 1. The summed E-state index contributed by atoms with van der Waals surface area (Å²) >= 11 is 12.5. The molecule has 5 aromatic rings. The van der Waals surface area contributed by atoms with Crippen molar-refractivity contribution < 1.29 is 22.7 Å². The Morgan fingerprint density at radius 2 is 1.64 bits per heavy atom. The van der Waals surface area contributed by atoms with Crippen LogP contribution in [0.2, 0.25) is 10.0 Å². The molecule has 0 aliphatic heterocycles. The van der Waals surface area contributed by atoms with Crippen LogP contribution in [0, 0.1) is 0 Å². The minimum absolute atomic E-state index is 0.00485. The average molecular weight is 607 g/mol. The van der Waals surface area contributed by atoms with E-state index < -0.39 is 17.7 Å². The molecule has 0 saturated carbocycles. The minimum Gasteiger partial charge on any atom is -0.465 e. The molecule has 0 aliphatic rings. The normalized spacial score (nSPS) is 11.7. The quantitative estimate of drug-likeness (QED) is 0.173.